The Hall–Kier alpha value is -1.21. The van der Waals surface area contributed by atoms with Gasteiger partial charge < -0.3 is 21.1 Å². The quantitative estimate of drug-likeness (QED) is 0.293. The number of hydrogen-bond donors (Lipinski definition) is 2. The molecule has 0 spiro atoms. The maximum atomic E-state index is 12.7. The number of fused-ring (bicyclic) bond motifs is 5. The third kappa shape index (κ3) is 4.33. The molecule has 0 aromatic carbocycles. The Balaban J connectivity index is 1.22. The van der Waals surface area contributed by atoms with Crippen LogP contribution in [0.2, 0.25) is 0 Å². The summed E-state index contributed by atoms with van der Waals surface area (Å²) in [5, 5.41) is 3.04. The summed E-state index contributed by atoms with van der Waals surface area (Å²) in [5.74, 6) is 2.24. The minimum absolute atomic E-state index is 0.0572. The van der Waals surface area contributed by atoms with Crippen LogP contribution in [0.1, 0.15) is 117 Å². The van der Waals surface area contributed by atoms with Crippen molar-refractivity contribution >= 4 is 6.09 Å². The van der Waals surface area contributed by atoms with E-state index in [9.17, 15) is 9.70 Å². The zero-order valence-electron chi connectivity index (χ0n) is 24.4. The fourth-order valence-corrected chi connectivity index (χ4v) is 11.0. The number of ether oxygens (including phenoxy) is 1. The first kappa shape index (κ1) is 28.3. The highest BCUT2D eigenvalue weighted by atomic mass is 16.6. The van der Waals surface area contributed by atoms with E-state index in [-0.39, 0.29) is 40.6 Å². The Morgan fingerprint density at radius 2 is 1.76 bits per heavy atom. The average Bonchev–Trinajstić information content (AvgIpc) is 3.24. The van der Waals surface area contributed by atoms with Crippen molar-refractivity contribution in [1.29, 1.82) is 0 Å². The largest absolute Gasteiger partial charge is 0.449 e. The van der Waals surface area contributed by atoms with Gasteiger partial charge in [-0.05, 0) is 112 Å². The Bertz CT molecular complexity index is 885. The van der Waals surface area contributed by atoms with Crippen LogP contribution in [0.5, 0.6) is 0 Å². The molecular weight excluding hydrogens is 476 g/mol. The van der Waals surface area contributed by atoms with Crippen molar-refractivity contribution in [3.05, 3.63) is 4.91 Å². The molecule has 5 unspecified atom stereocenters. The van der Waals surface area contributed by atoms with Crippen LogP contribution in [0.4, 0.5) is 4.79 Å². The van der Waals surface area contributed by atoms with Crippen LogP contribution in [0.15, 0.2) is 5.18 Å². The highest BCUT2D eigenvalue weighted by molar-refractivity contribution is 5.68. The second-order valence-corrected chi connectivity index (χ2v) is 14.4. The maximum absolute atomic E-state index is 12.7. The van der Waals surface area contributed by atoms with Crippen LogP contribution in [-0.2, 0) is 4.74 Å². The Kier molecular flexibility index (Phi) is 7.93. The summed E-state index contributed by atoms with van der Waals surface area (Å²) in [6, 6.07) is -0.0973. The van der Waals surface area contributed by atoms with Gasteiger partial charge in [0.2, 0.25) is 0 Å². The van der Waals surface area contributed by atoms with E-state index in [0.717, 1.165) is 44.9 Å². The molecule has 7 nitrogen and oxygen atoms in total. The first-order valence-corrected chi connectivity index (χ1v) is 15.9. The average molecular weight is 531 g/mol. The van der Waals surface area contributed by atoms with Crippen LogP contribution in [0, 0.1) is 39.4 Å². The Labute approximate surface area is 230 Å². The van der Waals surface area contributed by atoms with Gasteiger partial charge in [-0.1, -0.05) is 45.2 Å². The second kappa shape index (κ2) is 10.6. The lowest BCUT2D eigenvalue weighted by atomic mass is 9.38. The van der Waals surface area contributed by atoms with E-state index in [1.165, 1.54) is 51.4 Å². The van der Waals surface area contributed by atoms with Gasteiger partial charge in [-0.15, -0.1) is 0 Å². The van der Waals surface area contributed by atoms with Crippen LogP contribution in [0.25, 0.3) is 0 Å². The molecule has 0 aromatic heterocycles. The molecule has 0 aromatic rings. The highest BCUT2D eigenvalue weighted by Gasteiger charge is 2.69. The van der Waals surface area contributed by atoms with Crippen LogP contribution in [0.3, 0.4) is 0 Å². The van der Waals surface area contributed by atoms with Gasteiger partial charge in [0, 0.05) is 17.6 Å². The summed E-state index contributed by atoms with van der Waals surface area (Å²) in [6.07, 6.45) is 16.7. The van der Waals surface area contributed by atoms with E-state index < -0.39 is 0 Å². The van der Waals surface area contributed by atoms with Crippen LogP contribution >= 0.6 is 0 Å². The zero-order chi connectivity index (χ0) is 27.2. The highest BCUT2D eigenvalue weighted by Crippen LogP contribution is 2.70. The standard InChI is InChI=1S/C31H54N4O3/c1-4-22-20-30(32)25-13-12-23(10-9-19-38-27(36)35-18-8-5-11-24(35)21-34-37)28(25,2)17-14-26(30)29(3)15-6-7-16-31(22,29)33/h22-26H,4-21,32-33H2,1-3H3/t22-,23?,24?,25?,26+,28?,29+,30?,31+/m0/s1. The lowest BCUT2D eigenvalue weighted by Gasteiger charge is -2.70. The number of nitrogens with zero attached hydrogens (tertiary/aromatic N) is 2. The fraction of sp³-hybridized carbons (Fsp3) is 0.968. The molecule has 1 heterocycles. The van der Waals surface area contributed by atoms with Crippen molar-refractivity contribution < 1.29 is 9.53 Å². The predicted molar refractivity (Wildman–Crippen MR) is 151 cm³/mol. The van der Waals surface area contributed by atoms with Gasteiger partial charge in [-0.2, -0.15) is 4.91 Å². The van der Waals surface area contributed by atoms with Gasteiger partial charge in [-0.25, -0.2) is 4.79 Å². The van der Waals surface area contributed by atoms with E-state index in [0.29, 0.717) is 36.8 Å². The Morgan fingerprint density at radius 1 is 0.974 bits per heavy atom. The SMILES string of the molecule is CC[C@H]1CC2(N)C3CCC(CCCOC(=O)N4CCCCC4CN=O)C3(C)CC[C@@H]2[C@@]2(C)CCCC[C@@]12N. The third-order valence-corrected chi connectivity index (χ3v) is 13.1. The molecule has 5 aliphatic rings. The zero-order valence-corrected chi connectivity index (χ0v) is 24.4. The molecule has 5 rings (SSSR count). The number of nitrogens with two attached hydrogens (primary N) is 2. The van der Waals surface area contributed by atoms with Crippen molar-refractivity contribution in [2.24, 2.45) is 51.1 Å². The molecule has 5 fully saturated rings. The van der Waals surface area contributed by atoms with Gasteiger partial charge in [0.15, 0.2) is 0 Å². The molecule has 1 aliphatic heterocycles. The Morgan fingerprint density at radius 3 is 2.53 bits per heavy atom. The molecule has 4 saturated carbocycles. The lowest BCUT2D eigenvalue weighted by Crippen LogP contribution is -2.77. The number of nitroso groups, excluding NO2 is 1. The van der Waals surface area contributed by atoms with Crippen molar-refractivity contribution in [3.8, 4) is 0 Å². The molecule has 4 aliphatic carbocycles. The summed E-state index contributed by atoms with van der Waals surface area (Å²) in [6.45, 7) is 8.67. The number of hydrogen-bond acceptors (Lipinski definition) is 6. The summed E-state index contributed by atoms with van der Waals surface area (Å²) in [5.41, 5.74) is 15.3. The third-order valence-electron chi connectivity index (χ3n) is 13.1. The van der Waals surface area contributed by atoms with Gasteiger partial charge in [0.25, 0.3) is 0 Å². The second-order valence-electron chi connectivity index (χ2n) is 14.4. The fourth-order valence-electron chi connectivity index (χ4n) is 11.0. The molecule has 4 N–H and O–H groups in total. The molecule has 7 heteroatoms. The number of likely N-dealkylation sites (tertiary alicyclic amines) is 1. The predicted octanol–water partition coefficient (Wildman–Crippen LogP) is 6.37. The minimum Gasteiger partial charge on any atom is -0.449 e. The first-order chi connectivity index (χ1) is 18.1. The summed E-state index contributed by atoms with van der Waals surface area (Å²) in [4.78, 5) is 25.3. The summed E-state index contributed by atoms with van der Waals surface area (Å²) in [7, 11) is 0. The number of amides is 1. The van der Waals surface area contributed by atoms with Gasteiger partial charge in [0.1, 0.15) is 6.54 Å². The van der Waals surface area contributed by atoms with E-state index in [1.54, 1.807) is 4.90 Å². The summed E-state index contributed by atoms with van der Waals surface area (Å²) < 4.78 is 5.71. The van der Waals surface area contributed by atoms with E-state index in [2.05, 4.69) is 25.9 Å². The van der Waals surface area contributed by atoms with Crippen molar-refractivity contribution in [2.75, 3.05) is 19.7 Å². The van der Waals surface area contributed by atoms with Gasteiger partial charge >= 0.3 is 6.09 Å². The van der Waals surface area contributed by atoms with Gasteiger partial charge in [0.05, 0.1) is 12.6 Å². The molecule has 9 atom stereocenters. The maximum Gasteiger partial charge on any atom is 0.410 e. The number of rotatable bonds is 7. The van der Waals surface area contributed by atoms with Gasteiger partial charge in [-0.3, -0.25) is 0 Å². The molecule has 0 radical (unpaired) electrons. The normalized spacial score (nSPS) is 46.6. The molecule has 0 bridgehead atoms. The monoisotopic (exact) mass is 530 g/mol. The van der Waals surface area contributed by atoms with E-state index >= 15 is 0 Å². The number of carbonyl (C=O) groups is 1. The van der Waals surface area contributed by atoms with E-state index in [1.807, 2.05) is 0 Å². The molecule has 1 amide bonds. The minimum atomic E-state index is -0.269. The first-order valence-electron chi connectivity index (χ1n) is 15.9. The molecule has 216 valence electrons. The number of carbonyl (C=O) groups excluding carboxylic acids is 1. The number of piperidine rings is 1. The van der Waals surface area contributed by atoms with E-state index in [4.69, 9.17) is 16.2 Å². The topological polar surface area (TPSA) is 111 Å². The summed E-state index contributed by atoms with van der Waals surface area (Å²) >= 11 is 0. The van der Waals surface area contributed by atoms with Crippen LogP contribution < -0.4 is 11.5 Å². The molecule has 38 heavy (non-hydrogen) atoms. The lowest BCUT2D eigenvalue weighted by molar-refractivity contribution is -0.161. The smallest absolute Gasteiger partial charge is 0.410 e. The van der Waals surface area contributed by atoms with Crippen molar-refractivity contribution in [2.45, 2.75) is 134 Å². The molecular formula is C31H54N4O3. The van der Waals surface area contributed by atoms with Crippen LogP contribution in [-0.4, -0.2) is 47.8 Å². The van der Waals surface area contributed by atoms with Crippen molar-refractivity contribution in [1.82, 2.24) is 4.90 Å². The van der Waals surface area contributed by atoms with Crippen molar-refractivity contribution in [3.63, 3.8) is 0 Å². The molecule has 1 saturated heterocycles.